The molecule has 132 valence electrons. The highest BCUT2D eigenvalue weighted by molar-refractivity contribution is 5.94. The van der Waals surface area contributed by atoms with Crippen molar-refractivity contribution >= 4 is 11.9 Å². The number of aryl methyl sites for hydroxylation is 2. The van der Waals surface area contributed by atoms with Crippen molar-refractivity contribution in [3.05, 3.63) is 52.9 Å². The number of aromatic nitrogens is 2. The highest BCUT2D eigenvalue weighted by Gasteiger charge is 2.22. The molecule has 0 bridgehead atoms. The molecule has 25 heavy (non-hydrogen) atoms. The zero-order valence-electron chi connectivity index (χ0n) is 13.4. The first kappa shape index (κ1) is 17.1. The third-order valence-electron chi connectivity index (χ3n) is 4.11. The number of fused-ring (bicyclic) bond motifs is 1. The molecule has 1 aromatic heterocycles. The lowest BCUT2D eigenvalue weighted by Crippen LogP contribution is -2.30. The van der Waals surface area contributed by atoms with Crippen LogP contribution in [0.15, 0.2) is 24.3 Å². The number of hydrogen-bond donors (Lipinski definition) is 1. The number of carbonyl (C=O) groups is 2. The SMILES string of the molecule is O=C(O)CCc1cc2n(n1)CCCN(C(=O)c1ccc(F)c(F)c1)C2. The molecule has 0 atom stereocenters. The summed E-state index contributed by atoms with van der Waals surface area (Å²) in [7, 11) is 0. The van der Waals surface area contributed by atoms with Crippen LogP contribution in [0.1, 0.15) is 34.6 Å². The third-order valence-corrected chi connectivity index (χ3v) is 4.11. The fourth-order valence-electron chi connectivity index (χ4n) is 2.86. The predicted molar refractivity (Wildman–Crippen MR) is 83.9 cm³/mol. The molecule has 2 aromatic rings. The van der Waals surface area contributed by atoms with Crippen LogP contribution in [-0.4, -0.2) is 38.2 Å². The lowest BCUT2D eigenvalue weighted by atomic mass is 10.1. The number of hydrogen-bond acceptors (Lipinski definition) is 3. The standard InChI is InChI=1S/C17H17F2N3O3/c18-14-4-2-11(8-15(14)19)17(25)21-6-1-7-22-13(10-21)9-12(20-22)3-5-16(23)24/h2,4,8-9H,1,3,5-7,10H2,(H,23,24). The van der Waals surface area contributed by atoms with Crippen LogP contribution in [0.2, 0.25) is 0 Å². The Bertz CT molecular complexity index is 819. The molecule has 0 radical (unpaired) electrons. The number of rotatable bonds is 4. The van der Waals surface area contributed by atoms with Gasteiger partial charge in [0.05, 0.1) is 24.4 Å². The summed E-state index contributed by atoms with van der Waals surface area (Å²) in [4.78, 5) is 24.8. The van der Waals surface area contributed by atoms with E-state index in [1.807, 2.05) is 0 Å². The van der Waals surface area contributed by atoms with Crippen molar-refractivity contribution in [2.75, 3.05) is 6.54 Å². The van der Waals surface area contributed by atoms with Gasteiger partial charge in [0.1, 0.15) is 0 Å². The second kappa shape index (κ2) is 7.00. The second-order valence-electron chi connectivity index (χ2n) is 5.95. The van der Waals surface area contributed by atoms with Crippen LogP contribution >= 0.6 is 0 Å². The van der Waals surface area contributed by atoms with E-state index in [1.165, 1.54) is 6.07 Å². The number of nitrogens with zero attached hydrogens (tertiary/aromatic N) is 3. The molecule has 6 nitrogen and oxygen atoms in total. The van der Waals surface area contributed by atoms with Gasteiger partial charge in [-0.1, -0.05) is 0 Å². The lowest BCUT2D eigenvalue weighted by molar-refractivity contribution is -0.136. The molecule has 1 N–H and O–H groups in total. The fraction of sp³-hybridized carbons (Fsp3) is 0.353. The van der Waals surface area contributed by atoms with Crippen molar-refractivity contribution in [2.24, 2.45) is 0 Å². The van der Waals surface area contributed by atoms with Gasteiger partial charge < -0.3 is 10.0 Å². The van der Waals surface area contributed by atoms with Crippen LogP contribution in [0.5, 0.6) is 0 Å². The first-order valence-corrected chi connectivity index (χ1v) is 7.96. The van der Waals surface area contributed by atoms with Crippen LogP contribution in [-0.2, 0) is 24.3 Å². The maximum absolute atomic E-state index is 13.4. The summed E-state index contributed by atoms with van der Waals surface area (Å²) in [6.07, 6.45) is 0.989. The molecule has 3 rings (SSSR count). The minimum Gasteiger partial charge on any atom is -0.481 e. The number of amides is 1. The predicted octanol–water partition coefficient (Wildman–Crippen LogP) is 2.22. The van der Waals surface area contributed by atoms with Gasteiger partial charge in [-0.25, -0.2) is 8.78 Å². The number of carbonyl (C=O) groups excluding carboxylic acids is 1. The Morgan fingerprint density at radius 2 is 1.96 bits per heavy atom. The highest BCUT2D eigenvalue weighted by atomic mass is 19.2. The maximum Gasteiger partial charge on any atom is 0.303 e. The summed E-state index contributed by atoms with van der Waals surface area (Å²) < 4.78 is 28.2. The molecule has 1 amide bonds. The van der Waals surface area contributed by atoms with Crippen molar-refractivity contribution in [3.63, 3.8) is 0 Å². The first-order valence-electron chi connectivity index (χ1n) is 7.96. The number of carboxylic acid groups (broad SMARTS) is 1. The van der Waals surface area contributed by atoms with E-state index in [9.17, 15) is 18.4 Å². The van der Waals surface area contributed by atoms with Gasteiger partial charge in [0.15, 0.2) is 11.6 Å². The summed E-state index contributed by atoms with van der Waals surface area (Å²) in [5, 5.41) is 13.1. The van der Waals surface area contributed by atoms with Gasteiger partial charge in [-0.05, 0) is 30.7 Å². The van der Waals surface area contributed by atoms with E-state index in [4.69, 9.17) is 5.11 Å². The Labute approximate surface area is 142 Å². The molecule has 1 aromatic carbocycles. The molecule has 0 spiro atoms. The molecular weight excluding hydrogens is 332 g/mol. The van der Waals surface area contributed by atoms with E-state index < -0.39 is 17.6 Å². The molecule has 0 saturated heterocycles. The molecule has 1 aliphatic rings. The highest BCUT2D eigenvalue weighted by Crippen LogP contribution is 2.18. The van der Waals surface area contributed by atoms with Gasteiger partial charge in [0.2, 0.25) is 0 Å². The van der Waals surface area contributed by atoms with Crippen molar-refractivity contribution in [3.8, 4) is 0 Å². The van der Waals surface area contributed by atoms with Gasteiger partial charge in [-0.2, -0.15) is 5.10 Å². The normalized spacial score (nSPS) is 14.1. The molecular formula is C17H17F2N3O3. The third kappa shape index (κ3) is 3.84. The number of benzene rings is 1. The van der Waals surface area contributed by atoms with E-state index in [0.29, 0.717) is 31.6 Å². The van der Waals surface area contributed by atoms with E-state index >= 15 is 0 Å². The smallest absolute Gasteiger partial charge is 0.303 e. The van der Waals surface area contributed by atoms with Crippen LogP contribution in [0.25, 0.3) is 0 Å². The molecule has 8 heteroatoms. The zero-order chi connectivity index (χ0) is 18.0. The Hall–Kier alpha value is -2.77. The maximum atomic E-state index is 13.4. The van der Waals surface area contributed by atoms with E-state index in [1.54, 1.807) is 15.6 Å². The summed E-state index contributed by atoms with van der Waals surface area (Å²) in [5.74, 6) is -3.31. The average Bonchev–Trinajstić information content (AvgIpc) is 2.85. The van der Waals surface area contributed by atoms with E-state index in [2.05, 4.69) is 5.10 Å². The summed E-state index contributed by atoms with van der Waals surface area (Å²) in [5.41, 5.74) is 1.56. The Kier molecular flexibility index (Phi) is 4.78. The van der Waals surface area contributed by atoms with E-state index in [-0.39, 0.29) is 24.4 Å². The van der Waals surface area contributed by atoms with Gasteiger partial charge in [-0.15, -0.1) is 0 Å². The fourth-order valence-corrected chi connectivity index (χ4v) is 2.86. The number of halogens is 2. The molecule has 2 heterocycles. The summed E-state index contributed by atoms with van der Waals surface area (Å²) in [6.45, 7) is 1.38. The largest absolute Gasteiger partial charge is 0.481 e. The average molecular weight is 349 g/mol. The van der Waals surface area contributed by atoms with Crippen LogP contribution in [0.4, 0.5) is 8.78 Å². The van der Waals surface area contributed by atoms with Crippen LogP contribution in [0.3, 0.4) is 0 Å². The van der Waals surface area contributed by atoms with Crippen molar-refractivity contribution in [2.45, 2.75) is 32.4 Å². The molecule has 0 unspecified atom stereocenters. The topological polar surface area (TPSA) is 75.4 Å². The Morgan fingerprint density at radius 1 is 1.16 bits per heavy atom. The Morgan fingerprint density at radius 3 is 2.68 bits per heavy atom. The van der Waals surface area contributed by atoms with Gasteiger partial charge in [0.25, 0.3) is 5.91 Å². The number of carboxylic acids is 1. The van der Waals surface area contributed by atoms with Crippen LogP contribution in [0, 0.1) is 11.6 Å². The monoisotopic (exact) mass is 349 g/mol. The summed E-state index contributed by atoms with van der Waals surface area (Å²) in [6, 6.07) is 4.90. The second-order valence-corrected chi connectivity index (χ2v) is 5.95. The lowest BCUT2D eigenvalue weighted by Gasteiger charge is -2.20. The molecule has 0 saturated carbocycles. The van der Waals surface area contributed by atoms with Crippen molar-refractivity contribution in [1.82, 2.24) is 14.7 Å². The minimum atomic E-state index is -1.05. The Balaban J connectivity index is 1.77. The summed E-state index contributed by atoms with van der Waals surface area (Å²) >= 11 is 0. The van der Waals surface area contributed by atoms with E-state index in [0.717, 1.165) is 17.8 Å². The van der Waals surface area contributed by atoms with Gasteiger partial charge in [0, 0.05) is 25.1 Å². The van der Waals surface area contributed by atoms with Gasteiger partial charge in [-0.3, -0.25) is 14.3 Å². The molecule has 0 fully saturated rings. The zero-order valence-corrected chi connectivity index (χ0v) is 13.4. The number of aliphatic carboxylic acids is 1. The van der Waals surface area contributed by atoms with Crippen molar-refractivity contribution < 1.29 is 23.5 Å². The molecule has 1 aliphatic heterocycles. The minimum absolute atomic E-state index is 0.00600. The van der Waals surface area contributed by atoms with Gasteiger partial charge >= 0.3 is 5.97 Å². The molecule has 0 aliphatic carbocycles. The van der Waals surface area contributed by atoms with Crippen LogP contribution < -0.4 is 0 Å². The van der Waals surface area contributed by atoms with Crippen molar-refractivity contribution in [1.29, 1.82) is 0 Å². The quantitative estimate of drug-likeness (QED) is 0.918. The first-order chi connectivity index (χ1) is 11.9.